The van der Waals surface area contributed by atoms with E-state index in [1.165, 1.54) is 12.1 Å². The number of benzene rings is 3. The lowest BCUT2D eigenvalue weighted by Gasteiger charge is -2.38. The summed E-state index contributed by atoms with van der Waals surface area (Å²) in [4.78, 5) is 14.7. The van der Waals surface area contributed by atoms with Gasteiger partial charge in [0.25, 0.3) is 5.91 Å². The lowest BCUT2D eigenvalue weighted by Crippen LogP contribution is -2.43. The van der Waals surface area contributed by atoms with E-state index < -0.39 is 6.17 Å². The summed E-state index contributed by atoms with van der Waals surface area (Å²) in [6, 6.07) is 23.1. The molecule has 0 spiro atoms. The standard InChI is InChI=1S/C20H15FN2O/c21-15-8-6-7-14(13-15)19-22-18-12-5-4-11-17(18)20(24)23(19)16-9-2-1-3-10-16/h1-13,19,22H. The van der Waals surface area contributed by atoms with Crippen molar-refractivity contribution in [2.45, 2.75) is 6.17 Å². The summed E-state index contributed by atoms with van der Waals surface area (Å²) < 4.78 is 13.7. The summed E-state index contributed by atoms with van der Waals surface area (Å²) in [7, 11) is 0. The maximum Gasteiger partial charge on any atom is 0.262 e. The van der Waals surface area contributed by atoms with E-state index in [9.17, 15) is 9.18 Å². The predicted molar refractivity (Wildman–Crippen MR) is 92.5 cm³/mol. The largest absolute Gasteiger partial charge is 0.360 e. The van der Waals surface area contributed by atoms with Crippen LogP contribution in [0.4, 0.5) is 15.8 Å². The smallest absolute Gasteiger partial charge is 0.262 e. The van der Waals surface area contributed by atoms with Gasteiger partial charge in [0.2, 0.25) is 0 Å². The summed E-state index contributed by atoms with van der Waals surface area (Å²) in [6.45, 7) is 0. The quantitative estimate of drug-likeness (QED) is 0.749. The van der Waals surface area contributed by atoms with Crippen LogP contribution >= 0.6 is 0 Å². The molecule has 0 bridgehead atoms. The molecule has 0 aliphatic carbocycles. The molecule has 1 aliphatic heterocycles. The first-order valence-corrected chi connectivity index (χ1v) is 7.74. The van der Waals surface area contributed by atoms with E-state index in [2.05, 4.69) is 5.32 Å². The van der Waals surface area contributed by atoms with E-state index in [1.807, 2.05) is 54.6 Å². The Morgan fingerprint density at radius 2 is 1.62 bits per heavy atom. The van der Waals surface area contributed by atoms with Gasteiger partial charge in [-0.15, -0.1) is 0 Å². The zero-order valence-corrected chi connectivity index (χ0v) is 12.8. The molecule has 1 aliphatic rings. The third-order valence-electron chi connectivity index (χ3n) is 4.13. The molecular weight excluding hydrogens is 303 g/mol. The van der Waals surface area contributed by atoms with Crippen molar-refractivity contribution in [3.63, 3.8) is 0 Å². The number of hydrogen-bond acceptors (Lipinski definition) is 2. The molecule has 0 fully saturated rings. The SMILES string of the molecule is O=C1c2ccccc2NC(c2cccc(F)c2)N1c1ccccc1. The van der Waals surface area contributed by atoms with Crippen molar-refractivity contribution in [2.75, 3.05) is 10.2 Å². The monoisotopic (exact) mass is 318 g/mol. The summed E-state index contributed by atoms with van der Waals surface area (Å²) in [5, 5.41) is 3.36. The number of amides is 1. The van der Waals surface area contributed by atoms with Crippen molar-refractivity contribution >= 4 is 17.3 Å². The molecule has 24 heavy (non-hydrogen) atoms. The van der Waals surface area contributed by atoms with Crippen LogP contribution in [0.5, 0.6) is 0 Å². The highest BCUT2D eigenvalue weighted by atomic mass is 19.1. The van der Waals surface area contributed by atoms with Gasteiger partial charge in [-0.1, -0.05) is 42.5 Å². The molecular formula is C20H15FN2O. The second-order valence-electron chi connectivity index (χ2n) is 5.66. The number of anilines is 2. The fraction of sp³-hybridized carbons (Fsp3) is 0.0500. The van der Waals surface area contributed by atoms with Gasteiger partial charge in [-0.25, -0.2) is 4.39 Å². The molecule has 3 aromatic carbocycles. The van der Waals surface area contributed by atoms with Gasteiger partial charge in [-0.2, -0.15) is 0 Å². The van der Waals surface area contributed by atoms with Gasteiger partial charge in [0.15, 0.2) is 0 Å². The van der Waals surface area contributed by atoms with Crippen LogP contribution < -0.4 is 10.2 Å². The predicted octanol–water partition coefficient (Wildman–Crippen LogP) is 4.60. The van der Waals surface area contributed by atoms with Gasteiger partial charge in [-0.05, 0) is 42.0 Å². The molecule has 0 saturated carbocycles. The van der Waals surface area contributed by atoms with Gasteiger partial charge in [-0.3, -0.25) is 9.69 Å². The van der Waals surface area contributed by atoms with Gasteiger partial charge >= 0.3 is 0 Å². The molecule has 1 unspecified atom stereocenters. The normalized spacial score (nSPS) is 16.5. The van der Waals surface area contributed by atoms with Crippen LogP contribution in [-0.4, -0.2) is 5.91 Å². The van der Waals surface area contributed by atoms with E-state index in [0.29, 0.717) is 11.1 Å². The second kappa shape index (κ2) is 5.81. The molecule has 1 amide bonds. The van der Waals surface area contributed by atoms with Crippen LogP contribution in [0.2, 0.25) is 0 Å². The first kappa shape index (κ1) is 14.5. The number of nitrogens with zero attached hydrogens (tertiary/aromatic N) is 1. The number of carbonyl (C=O) groups is 1. The first-order chi connectivity index (χ1) is 11.7. The van der Waals surface area contributed by atoms with Crippen molar-refractivity contribution < 1.29 is 9.18 Å². The molecule has 0 aromatic heterocycles. The second-order valence-corrected chi connectivity index (χ2v) is 5.66. The molecule has 3 nitrogen and oxygen atoms in total. The lowest BCUT2D eigenvalue weighted by atomic mass is 10.0. The Kier molecular flexibility index (Phi) is 3.50. The van der Waals surface area contributed by atoms with Gasteiger partial charge < -0.3 is 5.32 Å². The van der Waals surface area contributed by atoms with E-state index in [0.717, 1.165) is 11.4 Å². The highest BCUT2D eigenvalue weighted by Gasteiger charge is 2.33. The number of para-hydroxylation sites is 2. The molecule has 4 rings (SSSR count). The lowest BCUT2D eigenvalue weighted by molar-refractivity contribution is 0.0975. The average Bonchev–Trinajstić information content (AvgIpc) is 2.62. The molecule has 0 radical (unpaired) electrons. The number of carbonyl (C=O) groups excluding carboxylic acids is 1. The molecule has 1 N–H and O–H groups in total. The minimum Gasteiger partial charge on any atom is -0.360 e. The van der Waals surface area contributed by atoms with E-state index in [4.69, 9.17) is 0 Å². The zero-order valence-electron chi connectivity index (χ0n) is 12.8. The molecule has 1 heterocycles. The van der Waals surface area contributed by atoms with Crippen molar-refractivity contribution in [1.29, 1.82) is 0 Å². The van der Waals surface area contributed by atoms with Crippen LogP contribution in [0.1, 0.15) is 22.1 Å². The molecule has 3 aromatic rings. The van der Waals surface area contributed by atoms with Gasteiger partial charge in [0, 0.05) is 11.4 Å². The minimum atomic E-state index is -0.467. The first-order valence-electron chi connectivity index (χ1n) is 7.74. The number of rotatable bonds is 2. The van der Waals surface area contributed by atoms with Crippen LogP contribution in [-0.2, 0) is 0 Å². The molecule has 0 saturated heterocycles. The summed E-state index contributed by atoms with van der Waals surface area (Å²) in [6.07, 6.45) is -0.467. The molecule has 118 valence electrons. The van der Waals surface area contributed by atoms with Crippen LogP contribution in [0.3, 0.4) is 0 Å². The highest BCUT2D eigenvalue weighted by molar-refractivity contribution is 6.12. The molecule has 1 atom stereocenters. The fourth-order valence-electron chi connectivity index (χ4n) is 3.02. The Hall–Kier alpha value is -3.14. The fourth-order valence-corrected chi connectivity index (χ4v) is 3.02. The Morgan fingerprint density at radius 1 is 0.875 bits per heavy atom. The number of fused-ring (bicyclic) bond motifs is 1. The number of hydrogen-bond donors (Lipinski definition) is 1. The van der Waals surface area contributed by atoms with Crippen molar-refractivity contribution in [1.82, 2.24) is 0 Å². The Morgan fingerprint density at radius 3 is 2.42 bits per heavy atom. The average molecular weight is 318 g/mol. The van der Waals surface area contributed by atoms with E-state index >= 15 is 0 Å². The van der Waals surface area contributed by atoms with Crippen molar-refractivity contribution in [3.05, 3.63) is 95.8 Å². The molecule has 4 heteroatoms. The third kappa shape index (κ3) is 2.42. The maximum absolute atomic E-state index is 13.7. The van der Waals surface area contributed by atoms with Crippen LogP contribution in [0.15, 0.2) is 78.9 Å². The Labute approximate surface area is 139 Å². The summed E-state index contributed by atoms with van der Waals surface area (Å²) >= 11 is 0. The number of nitrogens with one attached hydrogen (secondary N) is 1. The van der Waals surface area contributed by atoms with Gasteiger partial charge in [0.05, 0.1) is 5.56 Å². The van der Waals surface area contributed by atoms with Crippen molar-refractivity contribution in [3.8, 4) is 0 Å². The van der Waals surface area contributed by atoms with Crippen LogP contribution in [0.25, 0.3) is 0 Å². The summed E-state index contributed by atoms with van der Waals surface area (Å²) in [5.74, 6) is -0.432. The van der Waals surface area contributed by atoms with Gasteiger partial charge in [0.1, 0.15) is 12.0 Å². The zero-order chi connectivity index (χ0) is 16.5. The van der Waals surface area contributed by atoms with E-state index in [-0.39, 0.29) is 11.7 Å². The Balaban J connectivity index is 1.87. The highest BCUT2D eigenvalue weighted by Crippen LogP contribution is 2.36. The summed E-state index contributed by atoms with van der Waals surface area (Å²) in [5.41, 5.74) is 2.82. The Bertz CT molecular complexity index is 895. The maximum atomic E-state index is 13.7. The van der Waals surface area contributed by atoms with E-state index in [1.54, 1.807) is 17.0 Å². The third-order valence-corrected chi connectivity index (χ3v) is 4.13. The van der Waals surface area contributed by atoms with Crippen molar-refractivity contribution in [2.24, 2.45) is 0 Å². The minimum absolute atomic E-state index is 0.107. The van der Waals surface area contributed by atoms with Crippen LogP contribution in [0, 0.1) is 5.82 Å². The number of halogens is 1. The topological polar surface area (TPSA) is 32.3 Å².